The molecular formula is C11H11N5O3. The van der Waals surface area contributed by atoms with Gasteiger partial charge in [-0.2, -0.15) is 5.10 Å². The van der Waals surface area contributed by atoms with Gasteiger partial charge in [0, 0.05) is 11.3 Å². The second kappa shape index (κ2) is 4.41. The summed E-state index contributed by atoms with van der Waals surface area (Å²) >= 11 is 0. The van der Waals surface area contributed by atoms with Gasteiger partial charge in [-0.05, 0) is 19.1 Å². The number of hydrogen-bond donors (Lipinski definition) is 3. The molecule has 0 aliphatic carbocycles. The molecule has 0 aromatic carbocycles. The van der Waals surface area contributed by atoms with E-state index in [0.29, 0.717) is 5.69 Å². The molecule has 0 saturated heterocycles. The molecule has 0 fully saturated rings. The Bertz CT molecular complexity index is 677. The molecule has 1 amide bonds. The summed E-state index contributed by atoms with van der Waals surface area (Å²) in [6.45, 7) is 1.68. The van der Waals surface area contributed by atoms with Crippen LogP contribution in [0.5, 0.6) is 0 Å². The first-order valence-corrected chi connectivity index (χ1v) is 5.26. The van der Waals surface area contributed by atoms with Crippen LogP contribution in [0.3, 0.4) is 0 Å². The Labute approximate surface area is 107 Å². The number of aryl methyl sites for hydroxylation is 1. The Morgan fingerprint density at radius 3 is 2.58 bits per heavy atom. The molecule has 2 rings (SSSR count). The number of carboxylic acid groups (broad SMARTS) is 1. The molecule has 98 valence electrons. The van der Waals surface area contributed by atoms with Crippen molar-refractivity contribution in [1.82, 2.24) is 14.8 Å². The van der Waals surface area contributed by atoms with Crippen molar-refractivity contribution < 1.29 is 14.7 Å². The molecule has 2 aromatic heterocycles. The summed E-state index contributed by atoms with van der Waals surface area (Å²) in [4.78, 5) is 26.2. The topological polar surface area (TPSA) is 137 Å². The van der Waals surface area contributed by atoms with Gasteiger partial charge >= 0.3 is 5.97 Å². The van der Waals surface area contributed by atoms with Crippen LogP contribution < -0.4 is 11.5 Å². The van der Waals surface area contributed by atoms with E-state index in [9.17, 15) is 9.59 Å². The van der Waals surface area contributed by atoms with E-state index in [1.807, 2.05) is 0 Å². The van der Waals surface area contributed by atoms with Gasteiger partial charge in [0.1, 0.15) is 0 Å². The number of aromatic nitrogens is 3. The summed E-state index contributed by atoms with van der Waals surface area (Å²) in [7, 11) is 0. The lowest BCUT2D eigenvalue weighted by Crippen LogP contribution is -2.13. The lowest BCUT2D eigenvalue weighted by molar-refractivity contribution is 0.0691. The maximum atomic E-state index is 11.2. The number of rotatable bonds is 3. The Kier molecular flexibility index (Phi) is 2.91. The average molecular weight is 261 g/mol. The fourth-order valence-corrected chi connectivity index (χ4v) is 1.58. The fraction of sp³-hybridized carbons (Fsp3) is 0.0909. The minimum atomic E-state index is -1.24. The highest BCUT2D eigenvalue weighted by atomic mass is 16.4. The normalized spacial score (nSPS) is 10.4. The zero-order valence-corrected chi connectivity index (χ0v) is 9.99. The largest absolute Gasteiger partial charge is 0.476 e. The Hall–Kier alpha value is -2.90. The third-order valence-electron chi connectivity index (χ3n) is 2.40. The second-order valence-electron chi connectivity index (χ2n) is 3.90. The molecule has 5 N–H and O–H groups in total. The lowest BCUT2D eigenvalue weighted by atomic mass is 10.2. The molecule has 0 spiro atoms. The first-order chi connectivity index (χ1) is 8.88. The van der Waals surface area contributed by atoms with E-state index < -0.39 is 11.9 Å². The highest BCUT2D eigenvalue weighted by Gasteiger charge is 2.15. The molecule has 0 aliphatic heterocycles. The van der Waals surface area contributed by atoms with Crippen molar-refractivity contribution in [2.24, 2.45) is 5.73 Å². The number of nitrogens with zero attached hydrogens (tertiary/aromatic N) is 3. The summed E-state index contributed by atoms with van der Waals surface area (Å²) in [6, 6.07) is 2.93. The average Bonchev–Trinajstić information content (AvgIpc) is 2.70. The number of nitrogens with two attached hydrogens (primary N) is 2. The Balaban J connectivity index is 2.55. The van der Waals surface area contributed by atoms with Gasteiger partial charge in [0.2, 0.25) is 5.91 Å². The van der Waals surface area contributed by atoms with Crippen molar-refractivity contribution in [3.05, 3.63) is 35.3 Å². The highest BCUT2D eigenvalue weighted by Crippen LogP contribution is 2.14. The monoisotopic (exact) mass is 261 g/mol. The molecule has 2 aromatic rings. The van der Waals surface area contributed by atoms with Crippen molar-refractivity contribution in [3.63, 3.8) is 0 Å². The Morgan fingerprint density at radius 1 is 1.37 bits per heavy atom. The number of hydrogen-bond acceptors (Lipinski definition) is 5. The lowest BCUT2D eigenvalue weighted by Gasteiger charge is -2.04. The van der Waals surface area contributed by atoms with Crippen molar-refractivity contribution in [1.29, 1.82) is 0 Å². The minimum absolute atomic E-state index is 0.0106. The summed E-state index contributed by atoms with van der Waals surface area (Å²) in [5.41, 5.74) is 11.3. The minimum Gasteiger partial charge on any atom is -0.476 e. The van der Waals surface area contributed by atoms with E-state index in [4.69, 9.17) is 16.6 Å². The van der Waals surface area contributed by atoms with Crippen molar-refractivity contribution in [3.8, 4) is 5.82 Å². The molecule has 8 heteroatoms. The van der Waals surface area contributed by atoms with Crippen LogP contribution in [-0.4, -0.2) is 31.7 Å². The molecule has 2 heterocycles. The van der Waals surface area contributed by atoms with E-state index in [-0.39, 0.29) is 22.8 Å². The number of pyridine rings is 1. The van der Waals surface area contributed by atoms with E-state index in [2.05, 4.69) is 10.1 Å². The van der Waals surface area contributed by atoms with Crippen LogP contribution in [0.15, 0.2) is 18.3 Å². The number of amides is 1. The van der Waals surface area contributed by atoms with Crippen LogP contribution in [0, 0.1) is 6.92 Å². The van der Waals surface area contributed by atoms with E-state index in [0.717, 1.165) is 0 Å². The van der Waals surface area contributed by atoms with Gasteiger partial charge in [-0.15, -0.1) is 0 Å². The van der Waals surface area contributed by atoms with Gasteiger partial charge in [-0.1, -0.05) is 0 Å². The smallest absolute Gasteiger partial charge is 0.358 e. The second-order valence-corrected chi connectivity index (χ2v) is 3.90. The zero-order valence-electron chi connectivity index (χ0n) is 9.99. The predicted octanol–water partition coefficient (Wildman–Crippen LogP) is -0.0450. The van der Waals surface area contributed by atoms with Crippen LogP contribution in [0.4, 0.5) is 5.69 Å². The number of anilines is 1. The van der Waals surface area contributed by atoms with Gasteiger partial charge in [0.05, 0.1) is 11.9 Å². The first-order valence-electron chi connectivity index (χ1n) is 5.26. The van der Waals surface area contributed by atoms with Crippen LogP contribution in [-0.2, 0) is 0 Å². The molecule has 0 atom stereocenters. The van der Waals surface area contributed by atoms with E-state index in [1.165, 1.54) is 23.0 Å². The summed E-state index contributed by atoms with van der Waals surface area (Å²) in [5.74, 6) is -1.57. The van der Waals surface area contributed by atoms with Crippen molar-refractivity contribution in [2.75, 3.05) is 5.73 Å². The molecule has 0 radical (unpaired) electrons. The number of nitrogen functional groups attached to an aromatic ring is 1. The van der Waals surface area contributed by atoms with Crippen molar-refractivity contribution >= 4 is 17.6 Å². The first kappa shape index (κ1) is 12.6. The van der Waals surface area contributed by atoms with E-state index >= 15 is 0 Å². The molecule has 19 heavy (non-hydrogen) atoms. The molecule has 8 nitrogen and oxygen atoms in total. The molecule has 0 unspecified atom stereocenters. The number of carbonyl (C=O) groups is 2. The SMILES string of the molecule is Cc1cc(C(N)=O)cc(-n2cc(N)c(C(=O)O)n2)n1. The van der Waals surface area contributed by atoms with Crippen LogP contribution in [0.2, 0.25) is 0 Å². The fourth-order valence-electron chi connectivity index (χ4n) is 1.58. The van der Waals surface area contributed by atoms with Gasteiger partial charge in [0.25, 0.3) is 0 Å². The summed E-state index contributed by atoms with van der Waals surface area (Å²) in [6.07, 6.45) is 1.32. The zero-order chi connectivity index (χ0) is 14.2. The summed E-state index contributed by atoms with van der Waals surface area (Å²) < 4.78 is 1.19. The predicted molar refractivity (Wildman–Crippen MR) is 66.0 cm³/mol. The molecule has 0 bridgehead atoms. The third-order valence-corrected chi connectivity index (χ3v) is 2.40. The maximum absolute atomic E-state index is 11.2. The number of carboxylic acids is 1. The number of aromatic carboxylic acids is 1. The van der Waals surface area contributed by atoms with Crippen molar-refractivity contribution in [2.45, 2.75) is 6.92 Å². The van der Waals surface area contributed by atoms with Crippen LogP contribution in [0.25, 0.3) is 5.82 Å². The maximum Gasteiger partial charge on any atom is 0.358 e. The van der Waals surface area contributed by atoms with Gasteiger partial charge in [-0.25, -0.2) is 14.5 Å². The van der Waals surface area contributed by atoms with E-state index in [1.54, 1.807) is 6.92 Å². The third kappa shape index (κ3) is 2.37. The molecule has 0 saturated carbocycles. The van der Waals surface area contributed by atoms with Gasteiger partial charge in [0.15, 0.2) is 11.5 Å². The van der Waals surface area contributed by atoms with Gasteiger partial charge in [-0.3, -0.25) is 4.79 Å². The number of carbonyl (C=O) groups excluding carboxylic acids is 1. The van der Waals surface area contributed by atoms with Crippen LogP contribution >= 0.6 is 0 Å². The molecular weight excluding hydrogens is 250 g/mol. The molecule has 0 aliphatic rings. The van der Waals surface area contributed by atoms with Gasteiger partial charge < -0.3 is 16.6 Å². The standard InChI is InChI=1S/C11H11N5O3/c1-5-2-6(10(13)17)3-8(14-5)16-4-7(12)9(15-16)11(18)19/h2-4H,12H2,1H3,(H2,13,17)(H,18,19). The summed E-state index contributed by atoms with van der Waals surface area (Å²) in [5, 5.41) is 12.7. The number of primary amides is 1. The Morgan fingerprint density at radius 2 is 2.05 bits per heavy atom. The quantitative estimate of drug-likeness (QED) is 0.708. The van der Waals surface area contributed by atoms with Crippen LogP contribution in [0.1, 0.15) is 26.5 Å². The highest BCUT2D eigenvalue weighted by molar-refractivity contribution is 5.93.